The second-order valence-electron chi connectivity index (χ2n) is 4.61. The van der Waals surface area contributed by atoms with Crippen LogP contribution in [0.3, 0.4) is 0 Å². The maximum Gasteiger partial charge on any atom is 0.229 e. The molecule has 1 aromatic heterocycles. The predicted octanol–water partition coefficient (Wildman–Crippen LogP) is 3.42. The number of ether oxygens (including phenoxy) is 1. The van der Waals surface area contributed by atoms with Gasteiger partial charge in [0, 0.05) is 11.8 Å². The average Bonchev–Trinajstić information content (AvgIpc) is 2.88. The Hall–Kier alpha value is -2.01. The van der Waals surface area contributed by atoms with E-state index >= 15 is 0 Å². The quantitative estimate of drug-likeness (QED) is 0.823. The van der Waals surface area contributed by atoms with Crippen LogP contribution in [0.4, 0.5) is 5.82 Å². The van der Waals surface area contributed by atoms with Crippen molar-refractivity contribution in [2.24, 2.45) is 0 Å². The molecular formula is C15H18ClN3O2. The van der Waals surface area contributed by atoms with Gasteiger partial charge in [-0.1, -0.05) is 37.1 Å². The molecule has 0 aliphatic rings. The number of hydrogen-bond acceptors (Lipinski definition) is 3. The number of amides is 1. The minimum atomic E-state index is -0.142. The van der Waals surface area contributed by atoms with Crippen LogP contribution in [0.1, 0.15) is 25.5 Å². The number of aromatic amines is 1. The van der Waals surface area contributed by atoms with E-state index in [4.69, 9.17) is 16.3 Å². The van der Waals surface area contributed by atoms with Gasteiger partial charge in [-0.2, -0.15) is 5.10 Å². The first-order valence-corrected chi connectivity index (χ1v) is 7.28. The van der Waals surface area contributed by atoms with E-state index < -0.39 is 0 Å². The number of carbonyl (C=O) groups excluding carboxylic acids is 1. The Morgan fingerprint density at radius 2 is 2.24 bits per heavy atom. The lowest BCUT2D eigenvalue weighted by atomic mass is 10.2. The van der Waals surface area contributed by atoms with Crippen LogP contribution < -0.4 is 10.1 Å². The van der Waals surface area contributed by atoms with Crippen LogP contribution in [0.5, 0.6) is 5.75 Å². The van der Waals surface area contributed by atoms with Crippen molar-refractivity contribution < 1.29 is 9.53 Å². The maximum absolute atomic E-state index is 11.8. The molecule has 0 bridgehead atoms. The van der Waals surface area contributed by atoms with E-state index in [1.165, 1.54) is 0 Å². The van der Waals surface area contributed by atoms with Gasteiger partial charge in [0.1, 0.15) is 5.75 Å². The Balaban J connectivity index is 1.75. The second kappa shape index (κ2) is 7.69. The molecule has 2 N–H and O–H groups in total. The van der Waals surface area contributed by atoms with Crippen LogP contribution in [-0.4, -0.2) is 22.7 Å². The number of hydrogen-bond donors (Lipinski definition) is 2. The molecule has 112 valence electrons. The molecule has 0 spiro atoms. The van der Waals surface area contributed by atoms with E-state index in [2.05, 4.69) is 22.4 Å². The predicted molar refractivity (Wildman–Crippen MR) is 82.8 cm³/mol. The number of halogens is 1. The van der Waals surface area contributed by atoms with Gasteiger partial charge in [-0.05, 0) is 18.6 Å². The summed E-state index contributed by atoms with van der Waals surface area (Å²) in [4.78, 5) is 11.8. The summed E-state index contributed by atoms with van der Waals surface area (Å²) in [6, 6.07) is 9.02. The molecular weight excluding hydrogens is 290 g/mol. The molecule has 0 saturated heterocycles. The lowest BCUT2D eigenvalue weighted by Gasteiger charge is -2.07. The van der Waals surface area contributed by atoms with Crippen molar-refractivity contribution in [1.82, 2.24) is 10.2 Å². The van der Waals surface area contributed by atoms with E-state index in [1.807, 2.05) is 18.2 Å². The fourth-order valence-corrected chi connectivity index (χ4v) is 2.03. The number of rotatable bonds is 7. The molecule has 0 aliphatic heterocycles. The number of nitrogens with zero attached hydrogens (tertiary/aromatic N) is 1. The lowest BCUT2D eigenvalue weighted by Crippen LogP contribution is -2.15. The van der Waals surface area contributed by atoms with E-state index in [9.17, 15) is 4.79 Å². The van der Waals surface area contributed by atoms with Crippen molar-refractivity contribution in [1.29, 1.82) is 0 Å². The molecule has 2 rings (SSSR count). The van der Waals surface area contributed by atoms with Crippen LogP contribution in [0.2, 0.25) is 5.02 Å². The molecule has 0 unspecified atom stereocenters. The highest BCUT2D eigenvalue weighted by Gasteiger charge is 2.07. The highest BCUT2D eigenvalue weighted by molar-refractivity contribution is 6.32. The van der Waals surface area contributed by atoms with Gasteiger partial charge in [0.25, 0.3) is 0 Å². The van der Waals surface area contributed by atoms with E-state index in [0.29, 0.717) is 16.6 Å². The molecule has 0 aliphatic carbocycles. The molecule has 21 heavy (non-hydrogen) atoms. The van der Waals surface area contributed by atoms with Gasteiger partial charge in [-0.25, -0.2) is 0 Å². The highest BCUT2D eigenvalue weighted by atomic mass is 35.5. The van der Waals surface area contributed by atoms with Crippen LogP contribution in [0.15, 0.2) is 30.3 Å². The topological polar surface area (TPSA) is 67.0 Å². The SMILES string of the molecule is CCCc1cc(NC(=O)CCOc2ccccc2Cl)n[nH]1. The summed E-state index contributed by atoms with van der Waals surface area (Å²) in [5.74, 6) is 0.981. The number of benzene rings is 1. The van der Waals surface area contributed by atoms with Gasteiger partial charge in [0.15, 0.2) is 5.82 Å². The molecule has 0 saturated carbocycles. The number of para-hydroxylation sites is 1. The fraction of sp³-hybridized carbons (Fsp3) is 0.333. The summed E-state index contributed by atoms with van der Waals surface area (Å²) in [6.45, 7) is 2.35. The first-order chi connectivity index (χ1) is 10.2. The first kappa shape index (κ1) is 15.4. The summed E-state index contributed by atoms with van der Waals surface area (Å²) >= 11 is 5.96. The van der Waals surface area contributed by atoms with Gasteiger partial charge in [0.05, 0.1) is 18.1 Å². The van der Waals surface area contributed by atoms with Gasteiger partial charge >= 0.3 is 0 Å². The number of H-pyrrole nitrogens is 1. The Morgan fingerprint density at radius 1 is 1.43 bits per heavy atom. The smallest absolute Gasteiger partial charge is 0.229 e. The summed E-state index contributed by atoms with van der Waals surface area (Å²) < 4.78 is 5.47. The maximum atomic E-state index is 11.8. The van der Waals surface area contributed by atoms with E-state index in [-0.39, 0.29) is 18.9 Å². The van der Waals surface area contributed by atoms with Gasteiger partial charge in [-0.15, -0.1) is 0 Å². The minimum Gasteiger partial charge on any atom is -0.491 e. The average molecular weight is 308 g/mol. The normalized spacial score (nSPS) is 10.4. The zero-order valence-corrected chi connectivity index (χ0v) is 12.6. The highest BCUT2D eigenvalue weighted by Crippen LogP contribution is 2.23. The Morgan fingerprint density at radius 3 is 3.00 bits per heavy atom. The summed E-state index contributed by atoms with van der Waals surface area (Å²) in [7, 11) is 0. The molecule has 5 nitrogen and oxygen atoms in total. The molecule has 0 atom stereocenters. The third kappa shape index (κ3) is 4.79. The van der Waals surface area contributed by atoms with Crippen molar-refractivity contribution in [2.75, 3.05) is 11.9 Å². The fourth-order valence-electron chi connectivity index (χ4n) is 1.84. The van der Waals surface area contributed by atoms with Gasteiger partial charge in [-0.3, -0.25) is 9.89 Å². The van der Waals surface area contributed by atoms with Crippen molar-refractivity contribution in [2.45, 2.75) is 26.2 Å². The van der Waals surface area contributed by atoms with Crippen molar-refractivity contribution >= 4 is 23.3 Å². The largest absolute Gasteiger partial charge is 0.491 e. The van der Waals surface area contributed by atoms with Gasteiger partial charge < -0.3 is 10.1 Å². The standard InChI is InChI=1S/C15H18ClN3O2/c1-2-5-11-10-14(19-18-11)17-15(20)8-9-21-13-7-4-3-6-12(13)16/h3-4,6-7,10H,2,5,8-9H2,1H3,(H2,17,18,19,20). The number of aromatic nitrogens is 2. The summed E-state index contributed by atoms with van der Waals surface area (Å²) in [6.07, 6.45) is 2.18. The molecule has 0 fully saturated rings. The van der Waals surface area contributed by atoms with Crippen LogP contribution >= 0.6 is 11.6 Å². The minimum absolute atomic E-state index is 0.142. The van der Waals surface area contributed by atoms with Crippen molar-refractivity contribution in [3.63, 3.8) is 0 Å². The van der Waals surface area contributed by atoms with Crippen LogP contribution in [0.25, 0.3) is 0 Å². The zero-order chi connectivity index (χ0) is 15.1. The summed E-state index contributed by atoms with van der Waals surface area (Å²) in [5.41, 5.74) is 1.01. The molecule has 0 radical (unpaired) electrons. The van der Waals surface area contributed by atoms with Crippen molar-refractivity contribution in [3.8, 4) is 5.75 Å². The van der Waals surface area contributed by atoms with Crippen LogP contribution in [-0.2, 0) is 11.2 Å². The Kier molecular flexibility index (Phi) is 5.63. The van der Waals surface area contributed by atoms with E-state index in [1.54, 1.807) is 12.1 Å². The molecule has 6 heteroatoms. The number of aryl methyl sites for hydroxylation is 1. The lowest BCUT2D eigenvalue weighted by molar-refractivity contribution is -0.116. The van der Waals surface area contributed by atoms with Crippen LogP contribution in [0, 0.1) is 0 Å². The Labute approximate surface area is 128 Å². The third-order valence-corrected chi connectivity index (χ3v) is 3.15. The number of anilines is 1. The van der Waals surface area contributed by atoms with Gasteiger partial charge in [0.2, 0.25) is 5.91 Å². The first-order valence-electron chi connectivity index (χ1n) is 6.90. The van der Waals surface area contributed by atoms with Crippen molar-refractivity contribution in [3.05, 3.63) is 41.0 Å². The molecule has 2 aromatic rings. The monoisotopic (exact) mass is 307 g/mol. The Bertz CT molecular complexity index is 598. The summed E-state index contributed by atoms with van der Waals surface area (Å²) in [5, 5.41) is 10.2. The third-order valence-electron chi connectivity index (χ3n) is 2.84. The molecule has 1 amide bonds. The molecule has 1 heterocycles. The second-order valence-corrected chi connectivity index (χ2v) is 5.01. The molecule has 1 aromatic carbocycles. The zero-order valence-electron chi connectivity index (χ0n) is 11.9. The number of nitrogens with one attached hydrogen (secondary N) is 2. The number of carbonyl (C=O) groups is 1. The van der Waals surface area contributed by atoms with E-state index in [0.717, 1.165) is 18.5 Å².